The number of aromatic nitrogens is 2. The lowest BCUT2D eigenvalue weighted by Crippen LogP contribution is -2.43. The predicted octanol–water partition coefficient (Wildman–Crippen LogP) is 2.72. The number of carbonyl (C=O) groups excluding carboxylic acids is 1. The Kier molecular flexibility index (Phi) is 8.35. The zero-order valence-electron chi connectivity index (χ0n) is 18.5. The Morgan fingerprint density at radius 2 is 1.85 bits per heavy atom. The monoisotopic (exact) mass is 469 g/mol. The first-order chi connectivity index (χ1) is 16.2. The molecule has 1 N–H and O–H groups in total. The average molecular weight is 470 g/mol. The molecule has 0 bridgehead atoms. The van der Waals surface area contributed by atoms with Crippen molar-refractivity contribution in [2.24, 2.45) is 0 Å². The highest BCUT2D eigenvalue weighted by atomic mass is 32.1. The molecule has 3 aromatic rings. The van der Waals surface area contributed by atoms with Crippen LogP contribution in [-0.4, -0.2) is 66.1 Å². The van der Waals surface area contributed by atoms with Crippen molar-refractivity contribution in [1.82, 2.24) is 19.6 Å². The van der Waals surface area contributed by atoms with Gasteiger partial charge in [0.1, 0.15) is 11.6 Å². The molecule has 4 rings (SSSR count). The van der Waals surface area contributed by atoms with Crippen LogP contribution in [0.15, 0.2) is 54.6 Å². The summed E-state index contributed by atoms with van der Waals surface area (Å²) in [6.07, 6.45) is 0.516. The maximum absolute atomic E-state index is 13.2. The summed E-state index contributed by atoms with van der Waals surface area (Å²) >= 11 is 1.28. The van der Waals surface area contributed by atoms with Gasteiger partial charge in [0.05, 0.1) is 19.8 Å². The number of halogens is 1. The van der Waals surface area contributed by atoms with E-state index in [0.717, 1.165) is 44.0 Å². The molecule has 174 valence electrons. The SMILES string of the molecule is O=C(CN(Cc1ccccc1)c1nc(Cc2ccc(F)cc2)ns1)NCCN1CCOCC1. The van der Waals surface area contributed by atoms with Crippen molar-refractivity contribution in [2.75, 3.05) is 50.8 Å². The highest BCUT2D eigenvalue weighted by molar-refractivity contribution is 7.09. The second-order valence-electron chi connectivity index (χ2n) is 7.94. The molecule has 1 aliphatic rings. The number of nitrogens with zero attached hydrogens (tertiary/aromatic N) is 4. The minimum Gasteiger partial charge on any atom is -0.379 e. The normalized spacial score (nSPS) is 14.2. The quantitative estimate of drug-likeness (QED) is 0.492. The summed E-state index contributed by atoms with van der Waals surface area (Å²) in [6.45, 7) is 5.46. The average Bonchev–Trinajstić information content (AvgIpc) is 3.30. The maximum Gasteiger partial charge on any atom is 0.239 e. The van der Waals surface area contributed by atoms with Gasteiger partial charge in [0.2, 0.25) is 11.0 Å². The number of ether oxygens (including phenoxy) is 1. The highest BCUT2D eigenvalue weighted by Crippen LogP contribution is 2.21. The fourth-order valence-corrected chi connectivity index (χ4v) is 4.32. The van der Waals surface area contributed by atoms with E-state index < -0.39 is 0 Å². The van der Waals surface area contributed by atoms with Crippen LogP contribution in [0.2, 0.25) is 0 Å². The smallest absolute Gasteiger partial charge is 0.239 e. The molecule has 1 aliphatic heterocycles. The second-order valence-corrected chi connectivity index (χ2v) is 8.67. The van der Waals surface area contributed by atoms with Crippen molar-refractivity contribution in [2.45, 2.75) is 13.0 Å². The Bertz CT molecular complexity index is 1010. The van der Waals surface area contributed by atoms with Crippen molar-refractivity contribution in [3.63, 3.8) is 0 Å². The van der Waals surface area contributed by atoms with E-state index >= 15 is 0 Å². The van der Waals surface area contributed by atoms with E-state index in [1.54, 1.807) is 12.1 Å². The predicted molar refractivity (Wildman–Crippen MR) is 127 cm³/mol. The van der Waals surface area contributed by atoms with Crippen LogP contribution in [0.4, 0.5) is 9.52 Å². The third kappa shape index (κ3) is 7.31. The molecule has 0 radical (unpaired) electrons. The van der Waals surface area contributed by atoms with Crippen LogP contribution in [0.5, 0.6) is 0 Å². The maximum atomic E-state index is 13.2. The zero-order chi connectivity index (χ0) is 22.9. The molecule has 0 saturated carbocycles. The second kappa shape index (κ2) is 11.8. The first kappa shape index (κ1) is 23.3. The van der Waals surface area contributed by atoms with Crippen molar-refractivity contribution in [3.8, 4) is 0 Å². The molecule has 0 atom stereocenters. The molecule has 1 fully saturated rings. The summed E-state index contributed by atoms with van der Waals surface area (Å²) in [6, 6.07) is 16.3. The first-order valence-electron chi connectivity index (χ1n) is 11.1. The van der Waals surface area contributed by atoms with Crippen molar-refractivity contribution < 1.29 is 13.9 Å². The topological polar surface area (TPSA) is 70.6 Å². The summed E-state index contributed by atoms with van der Waals surface area (Å²) < 4.78 is 23.0. The molecule has 1 saturated heterocycles. The number of benzene rings is 2. The molecular formula is C24H28FN5O2S. The van der Waals surface area contributed by atoms with Gasteiger partial charge in [-0.25, -0.2) is 9.37 Å². The van der Waals surface area contributed by atoms with Gasteiger partial charge in [-0.1, -0.05) is 42.5 Å². The minimum atomic E-state index is -0.264. The Morgan fingerprint density at radius 1 is 1.09 bits per heavy atom. The minimum absolute atomic E-state index is 0.0468. The summed E-state index contributed by atoms with van der Waals surface area (Å²) in [4.78, 5) is 21.6. The molecule has 9 heteroatoms. The molecule has 7 nitrogen and oxygen atoms in total. The van der Waals surface area contributed by atoms with Crippen LogP contribution >= 0.6 is 11.5 Å². The Hall–Kier alpha value is -2.88. The van der Waals surface area contributed by atoms with Crippen LogP contribution in [0.3, 0.4) is 0 Å². The van der Waals surface area contributed by atoms with E-state index in [1.165, 1.54) is 23.7 Å². The van der Waals surface area contributed by atoms with Gasteiger partial charge in [-0.15, -0.1) is 0 Å². The van der Waals surface area contributed by atoms with E-state index in [1.807, 2.05) is 35.2 Å². The number of morpholine rings is 1. The molecule has 2 aromatic carbocycles. The summed E-state index contributed by atoms with van der Waals surface area (Å²) in [5, 5.41) is 3.72. The first-order valence-corrected chi connectivity index (χ1v) is 11.9. The van der Waals surface area contributed by atoms with Gasteiger partial charge in [0, 0.05) is 50.7 Å². The third-order valence-electron chi connectivity index (χ3n) is 5.41. The summed E-state index contributed by atoms with van der Waals surface area (Å²) in [7, 11) is 0. The van der Waals surface area contributed by atoms with Gasteiger partial charge in [-0.05, 0) is 23.3 Å². The molecule has 1 aromatic heterocycles. The van der Waals surface area contributed by atoms with Gasteiger partial charge >= 0.3 is 0 Å². The number of carbonyl (C=O) groups is 1. The molecule has 2 heterocycles. The van der Waals surface area contributed by atoms with Gasteiger partial charge in [-0.2, -0.15) is 4.37 Å². The third-order valence-corrected chi connectivity index (χ3v) is 6.22. The van der Waals surface area contributed by atoms with Crippen molar-refractivity contribution in [3.05, 3.63) is 77.4 Å². The molecule has 0 spiro atoms. The lowest BCUT2D eigenvalue weighted by atomic mass is 10.1. The molecular weight excluding hydrogens is 441 g/mol. The van der Waals surface area contributed by atoms with E-state index in [4.69, 9.17) is 4.74 Å². The molecule has 0 unspecified atom stereocenters. The van der Waals surface area contributed by atoms with Gasteiger partial charge in [0.15, 0.2) is 0 Å². The van der Waals surface area contributed by atoms with Crippen LogP contribution in [0.25, 0.3) is 0 Å². The van der Waals surface area contributed by atoms with Crippen LogP contribution in [0, 0.1) is 5.82 Å². The number of hydrogen-bond acceptors (Lipinski definition) is 7. The van der Waals surface area contributed by atoms with E-state index in [-0.39, 0.29) is 18.3 Å². The number of rotatable bonds is 10. The van der Waals surface area contributed by atoms with E-state index in [0.29, 0.717) is 30.5 Å². The molecule has 1 amide bonds. The fraction of sp³-hybridized carbons (Fsp3) is 0.375. The van der Waals surface area contributed by atoms with E-state index in [9.17, 15) is 9.18 Å². The van der Waals surface area contributed by atoms with Crippen LogP contribution < -0.4 is 10.2 Å². The van der Waals surface area contributed by atoms with Gasteiger partial charge < -0.3 is 15.0 Å². The largest absolute Gasteiger partial charge is 0.379 e. The van der Waals surface area contributed by atoms with E-state index in [2.05, 4.69) is 19.6 Å². The fourth-order valence-electron chi connectivity index (χ4n) is 3.63. The number of anilines is 1. The number of amides is 1. The Morgan fingerprint density at radius 3 is 2.61 bits per heavy atom. The highest BCUT2D eigenvalue weighted by Gasteiger charge is 2.18. The summed E-state index contributed by atoms with van der Waals surface area (Å²) in [5.74, 6) is 0.348. The van der Waals surface area contributed by atoms with Crippen LogP contribution in [-0.2, 0) is 22.5 Å². The standard InChI is InChI=1S/C24H28FN5O2S/c25-21-8-6-19(7-9-21)16-22-27-24(33-28-22)30(17-20-4-2-1-3-5-20)18-23(31)26-10-11-29-12-14-32-15-13-29/h1-9H,10-18H2,(H,26,31). The molecule has 33 heavy (non-hydrogen) atoms. The Labute approximate surface area is 197 Å². The lowest BCUT2D eigenvalue weighted by Gasteiger charge is -2.26. The van der Waals surface area contributed by atoms with Crippen molar-refractivity contribution >= 4 is 22.6 Å². The number of hydrogen-bond donors (Lipinski definition) is 1. The van der Waals surface area contributed by atoms with Crippen LogP contribution in [0.1, 0.15) is 17.0 Å². The summed E-state index contributed by atoms with van der Waals surface area (Å²) in [5.41, 5.74) is 2.03. The molecule has 0 aliphatic carbocycles. The Balaban J connectivity index is 1.38. The van der Waals surface area contributed by atoms with Gasteiger partial charge in [0.25, 0.3) is 0 Å². The zero-order valence-corrected chi connectivity index (χ0v) is 19.3. The lowest BCUT2D eigenvalue weighted by molar-refractivity contribution is -0.119. The van der Waals surface area contributed by atoms with Crippen molar-refractivity contribution in [1.29, 1.82) is 0 Å². The number of nitrogens with one attached hydrogen (secondary N) is 1. The van der Waals surface area contributed by atoms with Gasteiger partial charge in [-0.3, -0.25) is 9.69 Å².